The van der Waals surface area contributed by atoms with Crippen molar-refractivity contribution in [2.45, 2.75) is 85.2 Å². The van der Waals surface area contributed by atoms with Crippen molar-refractivity contribution in [3.8, 4) is 0 Å². The number of esters is 1. The Hall–Kier alpha value is -1.12. The van der Waals surface area contributed by atoms with Crippen LogP contribution in [0.4, 0.5) is 0 Å². The van der Waals surface area contributed by atoms with Crippen LogP contribution in [0.15, 0.2) is 11.6 Å². The molecule has 0 N–H and O–H groups in total. The van der Waals surface area contributed by atoms with E-state index in [2.05, 4.69) is 19.9 Å². The molecule has 4 aliphatic carbocycles. The Morgan fingerprint density at radius 3 is 2.50 bits per heavy atom. The van der Waals surface area contributed by atoms with E-state index >= 15 is 0 Å². The van der Waals surface area contributed by atoms with Crippen LogP contribution in [0.3, 0.4) is 0 Å². The second-order valence-electron chi connectivity index (χ2n) is 10.0. The van der Waals surface area contributed by atoms with Crippen molar-refractivity contribution >= 4 is 11.8 Å². The summed E-state index contributed by atoms with van der Waals surface area (Å²) < 4.78 is 5.53. The van der Waals surface area contributed by atoms with Gasteiger partial charge in [0, 0.05) is 19.3 Å². The summed E-state index contributed by atoms with van der Waals surface area (Å²) in [7, 11) is 0. The van der Waals surface area contributed by atoms with Crippen LogP contribution in [0, 0.1) is 34.5 Å². The van der Waals surface area contributed by atoms with Crippen LogP contribution >= 0.6 is 0 Å². The molecule has 0 aromatic heterocycles. The van der Waals surface area contributed by atoms with Crippen molar-refractivity contribution < 1.29 is 14.3 Å². The lowest BCUT2D eigenvalue weighted by Gasteiger charge is -2.58. The predicted molar refractivity (Wildman–Crippen MR) is 101 cm³/mol. The highest BCUT2D eigenvalue weighted by Crippen LogP contribution is 2.66. The lowest BCUT2D eigenvalue weighted by atomic mass is 9.47. The summed E-state index contributed by atoms with van der Waals surface area (Å²) in [5, 5.41) is 0. The number of hydrogen-bond donors (Lipinski definition) is 0. The Morgan fingerprint density at radius 2 is 1.81 bits per heavy atom. The van der Waals surface area contributed by atoms with Gasteiger partial charge >= 0.3 is 5.97 Å². The maximum absolute atomic E-state index is 12.2. The fraction of sp³-hybridized carbons (Fsp3) is 0.826. The molecule has 3 saturated carbocycles. The van der Waals surface area contributed by atoms with E-state index < -0.39 is 0 Å². The van der Waals surface area contributed by atoms with E-state index in [4.69, 9.17) is 4.74 Å². The van der Waals surface area contributed by atoms with Crippen LogP contribution in [-0.2, 0) is 14.3 Å². The first kappa shape index (κ1) is 18.3. The van der Waals surface area contributed by atoms with Crippen LogP contribution in [0.2, 0.25) is 0 Å². The summed E-state index contributed by atoms with van der Waals surface area (Å²) in [6.07, 6.45) is 11.6. The van der Waals surface area contributed by atoms with Crippen molar-refractivity contribution in [2.24, 2.45) is 34.5 Å². The van der Waals surface area contributed by atoms with Gasteiger partial charge in [0.15, 0.2) is 0 Å². The highest BCUT2D eigenvalue weighted by atomic mass is 16.5. The Labute approximate surface area is 157 Å². The Bertz CT molecular complexity index is 650. The van der Waals surface area contributed by atoms with Gasteiger partial charge in [-0.1, -0.05) is 25.5 Å². The Morgan fingerprint density at radius 1 is 1.04 bits per heavy atom. The van der Waals surface area contributed by atoms with Gasteiger partial charge in [-0.3, -0.25) is 9.59 Å². The molecular formula is C23H34O3. The SMILES string of the molecule is CC(=O)O[C@@H]1CC[C@]2(C)C(=CC[C@H]3[C@H]4CC[C@@H](C(C)=O)[C@@]4(C)CC[C@@H]32)C1. The van der Waals surface area contributed by atoms with E-state index in [9.17, 15) is 9.59 Å². The average Bonchev–Trinajstić information content (AvgIpc) is 2.92. The van der Waals surface area contributed by atoms with Crippen molar-refractivity contribution in [3.05, 3.63) is 11.6 Å². The first-order valence-electron chi connectivity index (χ1n) is 10.6. The van der Waals surface area contributed by atoms with Crippen molar-refractivity contribution in [2.75, 3.05) is 0 Å². The minimum atomic E-state index is -0.150. The fourth-order valence-electron chi connectivity index (χ4n) is 7.63. The second-order valence-corrected chi connectivity index (χ2v) is 10.0. The molecule has 4 aliphatic rings. The van der Waals surface area contributed by atoms with E-state index in [0.717, 1.165) is 43.9 Å². The summed E-state index contributed by atoms with van der Waals surface area (Å²) >= 11 is 0. The Balaban J connectivity index is 1.59. The molecule has 0 saturated heterocycles. The Kier molecular flexibility index (Phi) is 4.36. The maximum Gasteiger partial charge on any atom is 0.302 e. The third-order valence-electron chi connectivity index (χ3n) is 8.88. The highest BCUT2D eigenvalue weighted by molar-refractivity contribution is 5.79. The number of carbonyl (C=O) groups is 2. The van der Waals surface area contributed by atoms with Gasteiger partial charge in [-0.15, -0.1) is 0 Å². The first-order chi connectivity index (χ1) is 12.3. The lowest BCUT2D eigenvalue weighted by molar-refractivity contribution is -0.149. The van der Waals surface area contributed by atoms with Gasteiger partial charge in [0.2, 0.25) is 0 Å². The van der Waals surface area contributed by atoms with E-state index in [1.165, 1.54) is 26.2 Å². The largest absolute Gasteiger partial charge is 0.462 e. The lowest BCUT2D eigenvalue weighted by Crippen LogP contribution is -2.51. The first-order valence-corrected chi connectivity index (χ1v) is 10.6. The molecule has 0 bridgehead atoms. The number of ketones is 1. The molecule has 0 amide bonds. The summed E-state index contributed by atoms with van der Waals surface area (Å²) in [6, 6.07) is 0. The molecule has 0 radical (unpaired) electrons. The molecule has 0 heterocycles. The average molecular weight is 359 g/mol. The summed E-state index contributed by atoms with van der Waals surface area (Å²) in [6.45, 7) is 8.21. The van der Waals surface area contributed by atoms with Crippen molar-refractivity contribution in [3.63, 3.8) is 0 Å². The number of ether oxygens (including phenoxy) is 1. The molecule has 0 aromatic rings. The molecule has 0 aliphatic heterocycles. The monoisotopic (exact) mass is 358 g/mol. The summed E-state index contributed by atoms with van der Waals surface area (Å²) in [5.74, 6) is 2.72. The van der Waals surface area contributed by atoms with E-state index in [0.29, 0.717) is 11.7 Å². The maximum atomic E-state index is 12.2. The molecule has 0 aromatic carbocycles. The molecule has 4 rings (SSSR count). The minimum absolute atomic E-state index is 0.0748. The normalized spacial score (nSPS) is 47.2. The van der Waals surface area contributed by atoms with Gasteiger partial charge in [-0.25, -0.2) is 0 Å². The van der Waals surface area contributed by atoms with E-state index in [1.54, 1.807) is 12.5 Å². The second kappa shape index (κ2) is 6.21. The van der Waals surface area contributed by atoms with Gasteiger partial charge in [0.05, 0.1) is 0 Å². The molecule has 3 nitrogen and oxygen atoms in total. The number of Topliss-reactive ketones (excluding diaryl/α,β-unsaturated/α-hetero) is 1. The third-order valence-corrected chi connectivity index (χ3v) is 8.88. The molecule has 26 heavy (non-hydrogen) atoms. The quantitative estimate of drug-likeness (QED) is 0.510. The predicted octanol–water partition coefficient (Wildman–Crippen LogP) is 5.09. The van der Waals surface area contributed by atoms with Gasteiger partial charge < -0.3 is 4.74 Å². The van der Waals surface area contributed by atoms with Gasteiger partial charge in [0.1, 0.15) is 11.9 Å². The van der Waals surface area contributed by atoms with Gasteiger partial charge in [-0.05, 0) is 80.5 Å². The summed E-state index contributed by atoms with van der Waals surface area (Å²) in [4.78, 5) is 23.6. The minimum Gasteiger partial charge on any atom is -0.462 e. The highest BCUT2D eigenvalue weighted by Gasteiger charge is 2.59. The number of carbonyl (C=O) groups excluding carboxylic acids is 2. The van der Waals surface area contributed by atoms with E-state index in [1.807, 2.05) is 0 Å². The zero-order chi connectivity index (χ0) is 18.7. The van der Waals surface area contributed by atoms with Crippen LogP contribution in [0.5, 0.6) is 0 Å². The molecule has 3 heteroatoms. The molecule has 7 atom stereocenters. The van der Waals surface area contributed by atoms with Gasteiger partial charge in [0.25, 0.3) is 0 Å². The molecule has 0 spiro atoms. The third kappa shape index (κ3) is 2.60. The molecule has 3 fully saturated rings. The molecular weight excluding hydrogens is 324 g/mol. The number of hydrogen-bond acceptors (Lipinski definition) is 3. The molecule has 144 valence electrons. The summed E-state index contributed by atoms with van der Waals surface area (Å²) in [5.41, 5.74) is 2.04. The number of allylic oxidation sites excluding steroid dienone is 1. The van der Waals surface area contributed by atoms with Crippen LogP contribution in [-0.4, -0.2) is 17.9 Å². The zero-order valence-corrected chi connectivity index (χ0v) is 16.8. The smallest absolute Gasteiger partial charge is 0.302 e. The van der Waals surface area contributed by atoms with Crippen LogP contribution in [0.1, 0.15) is 79.1 Å². The van der Waals surface area contributed by atoms with Crippen LogP contribution in [0.25, 0.3) is 0 Å². The topological polar surface area (TPSA) is 43.4 Å². The fourth-order valence-corrected chi connectivity index (χ4v) is 7.63. The number of rotatable bonds is 2. The standard InChI is InChI=1S/C23H34O3/c1-14(24)19-7-8-20-18-6-5-16-13-17(26-15(2)25)9-11-22(16,3)21(18)10-12-23(19,20)4/h5,17-21H,6-13H2,1-4H3/t17-,18+,19+,20-,21+,22-,23-/m1/s1. The number of fused-ring (bicyclic) bond motifs is 5. The van der Waals surface area contributed by atoms with Crippen molar-refractivity contribution in [1.29, 1.82) is 0 Å². The van der Waals surface area contributed by atoms with E-state index in [-0.39, 0.29) is 28.8 Å². The molecule has 0 unspecified atom stereocenters. The van der Waals surface area contributed by atoms with Crippen molar-refractivity contribution in [1.82, 2.24) is 0 Å². The van der Waals surface area contributed by atoms with Gasteiger partial charge in [-0.2, -0.15) is 0 Å². The van der Waals surface area contributed by atoms with Crippen LogP contribution < -0.4 is 0 Å². The zero-order valence-electron chi connectivity index (χ0n) is 16.8.